The first-order chi connectivity index (χ1) is 7.15. The molecule has 0 amide bonds. The van der Waals surface area contributed by atoms with Gasteiger partial charge in [-0.2, -0.15) is 0 Å². The molecule has 15 heavy (non-hydrogen) atoms. The van der Waals surface area contributed by atoms with Gasteiger partial charge in [-0.1, -0.05) is 13.5 Å². The number of nitrogens with two attached hydrogens (primary N) is 1. The average molecular weight is 213 g/mol. The molecule has 2 atom stereocenters. The van der Waals surface area contributed by atoms with Gasteiger partial charge >= 0.3 is 5.97 Å². The van der Waals surface area contributed by atoms with Gasteiger partial charge in [0, 0.05) is 18.2 Å². The van der Waals surface area contributed by atoms with Gasteiger partial charge in [-0.05, 0) is 19.3 Å². The van der Waals surface area contributed by atoms with E-state index in [1.54, 1.807) is 0 Å². The van der Waals surface area contributed by atoms with E-state index in [0.29, 0.717) is 18.6 Å². The number of rotatable bonds is 5. The second-order valence-corrected chi connectivity index (χ2v) is 3.77. The molecule has 0 spiro atoms. The van der Waals surface area contributed by atoms with E-state index in [0.717, 1.165) is 19.4 Å². The molecule has 0 aromatic heterocycles. The molecule has 2 N–H and O–H groups in total. The number of ether oxygens (including phenoxy) is 2. The van der Waals surface area contributed by atoms with Crippen molar-refractivity contribution >= 4 is 5.97 Å². The van der Waals surface area contributed by atoms with Gasteiger partial charge in [0.05, 0.1) is 6.10 Å². The van der Waals surface area contributed by atoms with Crippen LogP contribution in [0.25, 0.3) is 0 Å². The van der Waals surface area contributed by atoms with E-state index >= 15 is 0 Å². The first-order valence-corrected chi connectivity index (χ1v) is 5.38. The highest BCUT2D eigenvalue weighted by Crippen LogP contribution is 2.13. The highest BCUT2D eigenvalue weighted by atomic mass is 16.6. The Hall–Kier alpha value is -0.870. The zero-order valence-corrected chi connectivity index (χ0v) is 9.20. The first-order valence-electron chi connectivity index (χ1n) is 5.38. The van der Waals surface area contributed by atoms with Crippen molar-refractivity contribution in [2.24, 2.45) is 5.73 Å². The zero-order valence-electron chi connectivity index (χ0n) is 9.20. The molecule has 4 nitrogen and oxygen atoms in total. The van der Waals surface area contributed by atoms with Crippen molar-refractivity contribution in [2.45, 2.75) is 38.3 Å². The largest absolute Gasteiger partial charge is 0.460 e. The van der Waals surface area contributed by atoms with Gasteiger partial charge in [0.2, 0.25) is 0 Å². The molecular formula is C11H19NO3. The Kier molecular flexibility index (Phi) is 4.78. The molecule has 1 fully saturated rings. The van der Waals surface area contributed by atoms with Crippen LogP contribution in [-0.4, -0.2) is 31.3 Å². The fourth-order valence-corrected chi connectivity index (χ4v) is 1.43. The van der Waals surface area contributed by atoms with E-state index in [1.165, 1.54) is 0 Å². The Morgan fingerprint density at radius 1 is 1.73 bits per heavy atom. The van der Waals surface area contributed by atoms with E-state index in [4.69, 9.17) is 15.2 Å². The molecule has 86 valence electrons. The summed E-state index contributed by atoms with van der Waals surface area (Å²) in [7, 11) is 0. The maximum absolute atomic E-state index is 11.4. The summed E-state index contributed by atoms with van der Waals surface area (Å²) < 4.78 is 10.4. The highest BCUT2D eigenvalue weighted by Gasteiger charge is 2.20. The maximum atomic E-state index is 11.4. The molecule has 1 saturated heterocycles. The van der Waals surface area contributed by atoms with Crippen LogP contribution in [0.15, 0.2) is 12.2 Å². The minimum Gasteiger partial charge on any atom is -0.460 e. The van der Waals surface area contributed by atoms with Gasteiger partial charge in [0.15, 0.2) is 0 Å². The van der Waals surface area contributed by atoms with Crippen LogP contribution in [-0.2, 0) is 14.3 Å². The molecule has 0 saturated carbocycles. The Balaban J connectivity index is 2.25. The minimum absolute atomic E-state index is 0.0552. The lowest BCUT2D eigenvalue weighted by atomic mass is 10.1. The number of carbonyl (C=O) groups is 1. The fraction of sp³-hybridized carbons (Fsp3) is 0.727. The monoisotopic (exact) mass is 213 g/mol. The molecule has 1 heterocycles. The van der Waals surface area contributed by atoms with E-state index in [2.05, 4.69) is 6.58 Å². The Bertz CT molecular complexity index is 234. The van der Waals surface area contributed by atoms with E-state index in [9.17, 15) is 4.79 Å². The van der Waals surface area contributed by atoms with Crippen LogP contribution in [0.5, 0.6) is 0 Å². The molecule has 2 unspecified atom stereocenters. The Morgan fingerprint density at radius 2 is 2.47 bits per heavy atom. The van der Waals surface area contributed by atoms with Crippen molar-refractivity contribution in [3.63, 3.8) is 0 Å². The van der Waals surface area contributed by atoms with Gasteiger partial charge < -0.3 is 15.2 Å². The summed E-state index contributed by atoms with van der Waals surface area (Å²) in [6.45, 7) is 6.61. The standard InChI is InChI=1S/C11H19NO3/c1-3-10(12)8(2)11(13)15-7-9-5-4-6-14-9/h9-10H,2-7,12H2,1H3. The SMILES string of the molecule is C=C(C(=O)OCC1CCCO1)C(N)CC. The van der Waals surface area contributed by atoms with Crippen LogP contribution in [0.2, 0.25) is 0 Å². The van der Waals surface area contributed by atoms with Crippen molar-refractivity contribution in [1.29, 1.82) is 0 Å². The molecular weight excluding hydrogens is 194 g/mol. The number of hydrogen-bond acceptors (Lipinski definition) is 4. The van der Waals surface area contributed by atoms with Crippen molar-refractivity contribution < 1.29 is 14.3 Å². The van der Waals surface area contributed by atoms with Gasteiger partial charge in [-0.15, -0.1) is 0 Å². The van der Waals surface area contributed by atoms with Gasteiger partial charge in [-0.3, -0.25) is 0 Å². The van der Waals surface area contributed by atoms with Crippen LogP contribution in [0.4, 0.5) is 0 Å². The Labute approximate surface area is 90.4 Å². The predicted molar refractivity (Wildman–Crippen MR) is 57.3 cm³/mol. The van der Waals surface area contributed by atoms with Gasteiger partial charge in [-0.25, -0.2) is 4.79 Å². The fourth-order valence-electron chi connectivity index (χ4n) is 1.43. The average Bonchev–Trinajstić information content (AvgIpc) is 2.76. The normalized spacial score (nSPS) is 22.4. The lowest BCUT2D eigenvalue weighted by Crippen LogP contribution is -2.28. The summed E-state index contributed by atoms with van der Waals surface area (Å²) in [6.07, 6.45) is 2.74. The van der Waals surface area contributed by atoms with Crippen LogP contribution >= 0.6 is 0 Å². The summed E-state index contributed by atoms with van der Waals surface area (Å²) in [5.41, 5.74) is 6.01. The van der Waals surface area contributed by atoms with Crippen LogP contribution in [0.3, 0.4) is 0 Å². The molecule has 4 heteroatoms. The number of carbonyl (C=O) groups excluding carboxylic acids is 1. The third-order valence-electron chi connectivity index (χ3n) is 2.57. The van der Waals surface area contributed by atoms with E-state index in [1.807, 2.05) is 6.92 Å². The second kappa shape index (κ2) is 5.88. The molecule has 1 aliphatic rings. The van der Waals surface area contributed by atoms with Crippen molar-refractivity contribution in [3.8, 4) is 0 Å². The quantitative estimate of drug-likeness (QED) is 0.546. The second-order valence-electron chi connectivity index (χ2n) is 3.77. The summed E-state index contributed by atoms with van der Waals surface area (Å²) in [4.78, 5) is 11.4. The summed E-state index contributed by atoms with van der Waals surface area (Å²) in [6, 6.07) is -0.304. The topological polar surface area (TPSA) is 61.5 Å². The number of hydrogen-bond donors (Lipinski definition) is 1. The van der Waals surface area contributed by atoms with Crippen molar-refractivity contribution in [3.05, 3.63) is 12.2 Å². The molecule has 1 rings (SSSR count). The maximum Gasteiger partial charge on any atom is 0.335 e. The number of esters is 1. The minimum atomic E-state index is -0.403. The van der Waals surface area contributed by atoms with Crippen LogP contribution in [0, 0.1) is 0 Å². The smallest absolute Gasteiger partial charge is 0.335 e. The summed E-state index contributed by atoms with van der Waals surface area (Å²) in [5.74, 6) is -0.403. The molecule has 0 bridgehead atoms. The zero-order chi connectivity index (χ0) is 11.3. The van der Waals surface area contributed by atoms with Crippen LogP contribution in [0.1, 0.15) is 26.2 Å². The lowest BCUT2D eigenvalue weighted by Gasteiger charge is -2.14. The molecule has 0 aromatic carbocycles. The third-order valence-corrected chi connectivity index (χ3v) is 2.57. The lowest BCUT2D eigenvalue weighted by molar-refractivity contribution is -0.142. The van der Waals surface area contributed by atoms with Crippen molar-refractivity contribution in [1.82, 2.24) is 0 Å². The molecule has 1 aliphatic heterocycles. The highest BCUT2D eigenvalue weighted by molar-refractivity contribution is 5.89. The van der Waals surface area contributed by atoms with Crippen LogP contribution < -0.4 is 5.73 Å². The first kappa shape index (κ1) is 12.2. The Morgan fingerprint density at radius 3 is 3.00 bits per heavy atom. The predicted octanol–water partition coefficient (Wildman–Crippen LogP) is 1.00. The molecule has 0 aromatic rings. The summed E-state index contributed by atoms with van der Waals surface area (Å²) >= 11 is 0. The van der Waals surface area contributed by atoms with E-state index in [-0.39, 0.29) is 12.1 Å². The van der Waals surface area contributed by atoms with Gasteiger partial charge in [0.25, 0.3) is 0 Å². The third kappa shape index (κ3) is 3.64. The van der Waals surface area contributed by atoms with Gasteiger partial charge in [0.1, 0.15) is 6.61 Å². The molecule has 0 aliphatic carbocycles. The molecule has 0 radical (unpaired) electrons. The summed E-state index contributed by atoms with van der Waals surface area (Å²) in [5, 5.41) is 0. The van der Waals surface area contributed by atoms with E-state index < -0.39 is 5.97 Å². The van der Waals surface area contributed by atoms with Crippen molar-refractivity contribution in [2.75, 3.05) is 13.2 Å².